The van der Waals surface area contributed by atoms with Crippen LogP contribution in [0, 0.1) is 6.92 Å². The second-order valence-electron chi connectivity index (χ2n) is 9.38. The highest BCUT2D eigenvalue weighted by atomic mass is 14.2. The summed E-state index contributed by atoms with van der Waals surface area (Å²) in [7, 11) is 0. The minimum Gasteiger partial charge on any atom is -0.0616 e. The molecule has 0 aliphatic heterocycles. The van der Waals surface area contributed by atoms with Crippen molar-refractivity contribution in [1.29, 1.82) is 0 Å². The first-order valence-electron chi connectivity index (χ1n) is 12.2. The molecule has 0 fully saturated rings. The second-order valence-corrected chi connectivity index (χ2v) is 9.38. The van der Waals surface area contributed by atoms with Crippen molar-refractivity contribution in [2.45, 2.75) is 6.92 Å². The number of fused-ring (bicyclic) bond motifs is 4. The van der Waals surface area contributed by atoms with Crippen LogP contribution in [0.15, 0.2) is 127 Å². The zero-order valence-electron chi connectivity index (χ0n) is 19.6. The maximum Gasteiger partial charge on any atom is -0.00175 e. The summed E-state index contributed by atoms with van der Waals surface area (Å²) in [4.78, 5) is 0. The molecule has 7 aromatic carbocycles. The summed E-state index contributed by atoms with van der Waals surface area (Å²) in [5.74, 6) is 0. The van der Waals surface area contributed by atoms with Crippen LogP contribution in [-0.4, -0.2) is 0 Å². The van der Waals surface area contributed by atoms with Crippen molar-refractivity contribution in [2.24, 2.45) is 0 Å². The summed E-state index contributed by atoms with van der Waals surface area (Å²) in [6.45, 7) is 2.24. The fourth-order valence-corrected chi connectivity index (χ4v) is 5.77. The van der Waals surface area contributed by atoms with Crippen LogP contribution in [0.4, 0.5) is 0 Å². The zero-order valence-corrected chi connectivity index (χ0v) is 19.6. The van der Waals surface area contributed by atoms with Gasteiger partial charge >= 0.3 is 0 Å². The molecule has 0 heterocycles. The first-order valence-corrected chi connectivity index (χ1v) is 12.2. The highest BCUT2D eigenvalue weighted by molar-refractivity contribution is 6.24. The van der Waals surface area contributed by atoms with Crippen molar-refractivity contribution in [3.05, 3.63) is 133 Å². The molecule has 0 unspecified atom stereocenters. The lowest BCUT2D eigenvalue weighted by Gasteiger charge is -2.20. The van der Waals surface area contributed by atoms with Crippen molar-refractivity contribution >= 4 is 43.1 Å². The molecule has 0 aliphatic carbocycles. The molecular weight excluding hydrogens is 420 g/mol. The maximum atomic E-state index is 2.34. The van der Waals surface area contributed by atoms with E-state index < -0.39 is 0 Å². The van der Waals surface area contributed by atoms with Crippen molar-refractivity contribution < 1.29 is 0 Å². The molecule has 0 saturated carbocycles. The maximum absolute atomic E-state index is 2.34. The van der Waals surface area contributed by atoms with Crippen LogP contribution in [0.2, 0.25) is 0 Å². The summed E-state index contributed by atoms with van der Waals surface area (Å²) in [6, 6.07) is 46.6. The Balaban J connectivity index is 1.67. The summed E-state index contributed by atoms with van der Waals surface area (Å²) in [5.41, 5.74) is 6.54. The zero-order chi connectivity index (χ0) is 23.4. The Morgan fingerprint density at radius 3 is 1.49 bits per heavy atom. The number of rotatable bonds is 2. The van der Waals surface area contributed by atoms with E-state index in [0.29, 0.717) is 0 Å². The Kier molecular flexibility index (Phi) is 4.47. The van der Waals surface area contributed by atoms with Crippen LogP contribution in [0.3, 0.4) is 0 Å². The standard InChI is InChI=1S/C35H24/c1-23-18-19-25-11-4-5-13-28(25)33(23)35-31-16-8-6-14-29(31)34(30-15-7-9-17-32(30)35)27-21-20-24-10-2-3-12-26(24)22-27/h2-22H,1H3. The van der Waals surface area contributed by atoms with E-state index in [-0.39, 0.29) is 0 Å². The first kappa shape index (κ1) is 20.0. The van der Waals surface area contributed by atoms with Crippen LogP contribution < -0.4 is 0 Å². The van der Waals surface area contributed by atoms with Crippen molar-refractivity contribution in [3.8, 4) is 22.3 Å². The van der Waals surface area contributed by atoms with Gasteiger partial charge in [-0.15, -0.1) is 0 Å². The first-order chi connectivity index (χ1) is 17.3. The summed E-state index contributed by atoms with van der Waals surface area (Å²) >= 11 is 0. The van der Waals surface area contributed by atoms with Gasteiger partial charge in [0, 0.05) is 0 Å². The third-order valence-corrected chi connectivity index (χ3v) is 7.36. The lowest BCUT2D eigenvalue weighted by molar-refractivity contribution is 1.50. The number of aryl methyl sites for hydroxylation is 1. The molecule has 7 rings (SSSR count). The summed E-state index contributed by atoms with van der Waals surface area (Å²) < 4.78 is 0. The average Bonchev–Trinajstić information content (AvgIpc) is 2.92. The van der Waals surface area contributed by atoms with Gasteiger partial charge in [0.05, 0.1) is 0 Å². The van der Waals surface area contributed by atoms with Crippen LogP contribution in [0.1, 0.15) is 5.56 Å². The van der Waals surface area contributed by atoms with Crippen LogP contribution >= 0.6 is 0 Å². The fourth-order valence-electron chi connectivity index (χ4n) is 5.77. The molecule has 0 bridgehead atoms. The van der Waals surface area contributed by atoms with E-state index in [1.807, 2.05) is 0 Å². The van der Waals surface area contributed by atoms with E-state index in [1.165, 1.54) is 70.9 Å². The van der Waals surface area contributed by atoms with Crippen molar-refractivity contribution in [2.75, 3.05) is 0 Å². The van der Waals surface area contributed by atoms with Crippen LogP contribution in [-0.2, 0) is 0 Å². The Bertz CT molecular complexity index is 1850. The van der Waals surface area contributed by atoms with Gasteiger partial charge in [0.15, 0.2) is 0 Å². The van der Waals surface area contributed by atoms with Crippen molar-refractivity contribution in [3.63, 3.8) is 0 Å². The number of benzene rings is 7. The molecule has 0 nitrogen and oxygen atoms in total. The molecule has 0 amide bonds. The Labute approximate surface area is 205 Å². The molecule has 164 valence electrons. The molecule has 0 aliphatic rings. The molecule has 7 aromatic rings. The third kappa shape index (κ3) is 3.07. The van der Waals surface area contributed by atoms with E-state index in [0.717, 1.165) is 0 Å². The largest absolute Gasteiger partial charge is 0.0616 e. The van der Waals surface area contributed by atoms with Gasteiger partial charge in [-0.25, -0.2) is 0 Å². The average molecular weight is 445 g/mol. The molecule has 0 heteroatoms. The smallest absolute Gasteiger partial charge is 0.00175 e. The Morgan fingerprint density at radius 2 is 0.829 bits per heavy atom. The van der Waals surface area contributed by atoms with Crippen LogP contribution in [0.5, 0.6) is 0 Å². The number of hydrogen-bond donors (Lipinski definition) is 0. The van der Waals surface area contributed by atoms with E-state index in [4.69, 9.17) is 0 Å². The Hall–Kier alpha value is -4.42. The lowest BCUT2D eigenvalue weighted by Crippen LogP contribution is -1.93. The molecule has 0 spiro atoms. The quantitative estimate of drug-likeness (QED) is 0.233. The van der Waals surface area contributed by atoms with Gasteiger partial charge in [0.1, 0.15) is 0 Å². The summed E-state index contributed by atoms with van der Waals surface area (Å²) in [6.07, 6.45) is 0. The van der Waals surface area contributed by atoms with Gasteiger partial charge in [0.25, 0.3) is 0 Å². The fraction of sp³-hybridized carbons (Fsp3) is 0.0286. The lowest BCUT2D eigenvalue weighted by atomic mass is 9.83. The minimum absolute atomic E-state index is 1.26. The predicted octanol–water partition coefficient (Wildman–Crippen LogP) is 9.94. The summed E-state index contributed by atoms with van der Waals surface area (Å²) in [5, 5.41) is 10.3. The van der Waals surface area contributed by atoms with E-state index >= 15 is 0 Å². The van der Waals surface area contributed by atoms with Gasteiger partial charge in [-0.3, -0.25) is 0 Å². The Morgan fingerprint density at radius 1 is 0.343 bits per heavy atom. The van der Waals surface area contributed by atoms with Crippen LogP contribution in [0.25, 0.3) is 65.3 Å². The SMILES string of the molecule is Cc1ccc2ccccc2c1-c1c2ccccc2c(-c2ccc3ccccc3c2)c2ccccc12. The highest BCUT2D eigenvalue weighted by Crippen LogP contribution is 2.46. The molecule has 0 N–H and O–H groups in total. The van der Waals surface area contributed by atoms with Gasteiger partial charge in [0.2, 0.25) is 0 Å². The highest BCUT2D eigenvalue weighted by Gasteiger charge is 2.19. The molecular formula is C35H24. The predicted molar refractivity (Wildman–Crippen MR) is 152 cm³/mol. The number of hydrogen-bond acceptors (Lipinski definition) is 0. The molecule has 0 atom stereocenters. The van der Waals surface area contributed by atoms with E-state index in [9.17, 15) is 0 Å². The monoisotopic (exact) mass is 444 g/mol. The van der Waals surface area contributed by atoms with E-state index in [1.54, 1.807) is 0 Å². The van der Waals surface area contributed by atoms with Gasteiger partial charge in [-0.05, 0) is 83.9 Å². The molecule has 0 radical (unpaired) electrons. The van der Waals surface area contributed by atoms with Crippen molar-refractivity contribution in [1.82, 2.24) is 0 Å². The molecule has 0 aromatic heterocycles. The minimum atomic E-state index is 1.26. The second kappa shape index (κ2) is 7.82. The molecule has 35 heavy (non-hydrogen) atoms. The normalized spacial score (nSPS) is 11.6. The van der Waals surface area contributed by atoms with Gasteiger partial charge in [-0.1, -0.05) is 121 Å². The third-order valence-electron chi connectivity index (χ3n) is 7.36. The molecule has 0 saturated heterocycles. The topological polar surface area (TPSA) is 0 Å². The van der Waals surface area contributed by atoms with Gasteiger partial charge in [-0.2, -0.15) is 0 Å². The van der Waals surface area contributed by atoms with Gasteiger partial charge < -0.3 is 0 Å². The van der Waals surface area contributed by atoms with E-state index in [2.05, 4.69) is 134 Å².